The van der Waals surface area contributed by atoms with Gasteiger partial charge in [-0.05, 0) is 24.2 Å². The molecule has 10 heavy (non-hydrogen) atoms. The van der Waals surface area contributed by atoms with Crippen molar-refractivity contribution < 1.29 is 4.74 Å². The monoisotopic (exact) mass is 204 g/mol. The fraction of sp³-hybridized carbons (Fsp3) is 1.00. The molecule has 1 saturated carbocycles. The second-order valence-electron chi connectivity index (χ2n) is 3.76. The third kappa shape index (κ3) is 0.928. The van der Waals surface area contributed by atoms with Crippen LogP contribution in [0.25, 0.3) is 0 Å². The number of rotatable bonds is 1. The fourth-order valence-corrected chi connectivity index (χ4v) is 2.41. The molecule has 0 aromatic carbocycles. The van der Waals surface area contributed by atoms with Gasteiger partial charge >= 0.3 is 0 Å². The molecule has 1 heterocycles. The second kappa shape index (κ2) is 2.21. The zero-order chi connectivity index (χ0) is 7.19. The highest BCUT2D eigenvalue weighted by Crippen LogP contribution is 2.59. The maximum absolute atomic E-state index is 5.60. The van der Waals surface area contributed by atoms with E-state index >= 15 is 0 Å². The van der Waals surface area contributed by atoms with Crippen LogP contribution in [0.3, 0.4) is 0 Å². The van der Waals surface area contributed by atoms with Crippen molar-refractivity contribution in [2.45, 2.75) is 25.9 Å². The standard InChI is InChI=1S/C8H13BrO/c1-6-2-8(6)3-7(4-9)10-5-8/h6-7H,2-5H2,1H3/t6-,7-,8+/m1/s1. The van der Waals surface area contributed by atoms with E-state index in [-0.39, 0.29) is 0 Å². The first-order valence-corrected chi connectivity index (χ1v) is 5.06. The SMILES string of the molecule is C[C@@H]1C[C@]12CO[C@@H](CBr)C2. The van der Waals surface area contributed by atoms with Crippen LogP contribution in [0.5, 0.6) is 0 Å². The lowest BCUT2D eigenvalue weighted by atomic mass is 10.0. The summed E-state index contributed by atoms with van der Waals surface area (Å²) in [4.78, 5) is 0. The van der Waals surface area contributed by atoms with Crippen LogP contribution >= 0.6 is 15.9 Å². The quantitative estimate of drug-likeness (QED) is 0.596. The Morgan fingerprint density at radius 2 is 2.30 bits per heavy atom. The Hall–Kier alpha value is 0.440. The van der Waals surface area contributed by atoms with Crippen molar-refractivity contribution in [2.75, 3.05) is 11.9 Å². The summed E-state index contributed by atoms with van der Waals surface area (Å²) in [7, 11) is 0. The number of halogens is 1. The summed E-state index contributed by atoms with van der Waals surface area (Å²) >= 11 is 3.45. The van der Waals surface area contributed by atoms with Crippen LogP contribution in [0.4, 0.5) is 0 Å². The van der Waals surface area contributed by atoms with Crippen molar-refractivity contribution in [2.24, 2.45) is 11.3 Å². The highest BCUT2D eigenvalue weighted by Gasteiger charge is 2.55. The van der Waals surface area contributed by atoms with Gasteiger partial charge in [-0.15, -0.1) is 0 Å². The molecular formula is C8H13BrO. The predicted octanol–water partition coefficient (Wildman–Crippen LogP) is 2.20. The average Bonchev–Trinajstić information content (AvgIpc) is 2.43. The second-order valence-corrected chi connectivity index (χ2v) is 4.41. The molecule has 0 amide bonds. The molecule has 1 aliphatic carbocycles. The Kier molecular flexibility index (Phi) is 1.57. The maximum atomic E-state index is 5.60. The Balaban J connectivity index is 1.95. The Morgan fingerprint density at radius 1 is 1.60 bits per heavy atom. The van der Waals surface area contributed by atoms with E-state index in [9.17, 15) is 0 Å². The Bertz CT molecular complexity index is 148. The summed E-state index contributed by atoms with van der Waals surface area (Å²) < 4.78 is 5.60. The molecule has 2 rings (SSSR count). The number of alkyl halides is 1. The van der Waals surface area contributed by atoms with Gasteiger partial charge in [0.05, 0.1) is 12.7 Å². The molecular weight excluding hydrogens is 192 g/mol. The molecule has 0 radical (unpaired) electrons. The summed E-state index contributed by atoms with van der Waals surface area (Å²) in [6.07, 6.45) is 3.19. The summed E-state index contributed by atoms with van der Waals surface area (Å²) in [5.41, 5.74) is 0.623. The number of hydrogen-bond acceptors (Lipinski definition) is 1. The van der Waals surface area contributed by atoms with Crippen LogP contribution in [0.15, 0.2) is 0 Å². The molecule has 0 aromatic heterocycles. The lowest BCUT2D eigenvalue weighted by Gasteiger charge is -2.02. The van der Waals surface area contributed by atoms with Gasteiger partial charge in [-0.25, -0.2) is 0 Å². The van der Waals surface area contributed by atoms with Gasteiger partial charge in [-0.1, -0.05) is 22.9 Å². The third-order valence-corrected chi connectivity index (χ3v) is 3.73. The Labute approximate surface area is 70.3 Å². The predicted molar refractivity (Wildman–Crippen MR) is 44.4 cm³/mol. The zero-order valence-electron chi connectivity index (χ0n) is 6.27. The molecule has 1 saturated heterocycles. The minimum absolute atomic E-state index is 0.505. The van der Waals surface area contributed by atoms with E-state index in [1.807, 2.05) is 0 Å². The molecule has 2 aliphatic rings. The maximum Gasteiger partial charge on any atom is 0.0678 e. The van der Waals surface area contributed by atoms with Crippen LogP contribution in [-0.4, -0.2) is 18.0 Å². The van der Waals surface area contributed by atoms with E-state index in [1.54, 1.807) is 0 Å². The molecule has 0 bridgehead atoms. The van der Waals surface area contributed by atoms with Crippen molar-refractivity contribution in [3.05, 3.63) is 0 Å². The number of ether oxygens (including phenoxy) is 1. The molecule has 0 N–H and O–H groups in total. The zero-order valence-corrected chi connectivity index (χ0v) is 7.86. The molecule has 2 heteroatoms. The minimum Gasteiger partial charge on any atom is -0.377 e. The van der Waals surface area contributed by atoms with Gasteiger partial charge in [0.15, 0.2) is 0 Å². The number of hydrogen-bond donors (Lipinski definition) is 0. The fourth-order valence-electron chi connectivity index (χ4n) is 1.99. The average molecular weight is 205 g/mol. The van der Waals surface area contributed by atoms with Gasteiger partial charge in [0.2, 0.25) is 0 Å². The first-order valence-electron chi connectivity index (χ1n) is 3.94. The summed E-state index contributed by atoms with van der Waals surface area (Å²) in [6.45, 7) is 3.35. The van der Waals surface area contributed by atoms with E-state index < -0.39 is 0 Å². The van der Waals surface area contributed by atoms with Crippen LogP contribution in [0.2, 0.25) is 0 Å². The van der Waals surface area contributed by atoms with Crippen LogP contribution < -0.4 is 0 Å². The normalized spacial score (nSPS) is 52.2. The van der Waals surface area contributed by atoms with Gasteiger partial charge in [0.1, 0.15) is 0 Å². The Morgan fingerprint density at radius 3 is 2.60 bits per heavy atom. The third-order valence-electron chi connectivity index (χ3n) is 3.01. The van der Waals surface area contributed by atoms with Crippen molar-refractivity contribution >= 4 is 15.9 Å². The van der Waals surface area contributed by atoms with E-state index in [2.05, 4.69) is 22.9 Å². The molecule has 1 aliphatic heterocycles. The van der Waals surface area contributed by atoms with Crippen molar-refractivity contribution in [3.63, 3.8) is 0 Å². The summed E-state index contributed by atoms with van der Waals surface area (Å²) in [5, 5.41) is 1.02. The van der Waals surface area contributed by atoms with Crippen molar-refractivity contribution in [1.82, 2.24) is 0 Å². The lowest BCUT2D eigenvalue weighted by molar-refractivity contribution is 0.121. The summed E-state index contributed by atoms with van der Waals surface area (Å²) in [6, 6.07) is 0. The smallest absolute Gasteiger partial charge is 0.0678 e. The van der Waals surface area contributed by atoms with Crippen LogP contribution in [-0.2, 0) is 4.74 Å². The van der Waals surface area contributed by atoms with E-state index in [0.29, 0.717) is 11.5 Å². The summed E-state index contributed by atoms with van der Waals surface area (Å²) in [5.74, 6) is 0.927. The van der Waals surface area contributed by atoms with Gasteiger partial charge < -0.3 is 4.74 Å². The minimum atomic E-state index is 0.505. The van der Waals surface area contributed by atoms with Crippen molar-refractivity contribution in [1.29, 1.82) is 0 Å². The molecule has 0 unspecified atom stereocenters. The first kappa shape index (κ1) is 7.11. The van der Waals surface area contributed by atoms with Gasteiger partial charge in [0, 0.05) is 5.33 Å². The lowest BCUT2D eigenvalue weighted by Crippen LogP contribution is -2.06. The molecule has 1 nitrogen and oxygen atoms in total. The van der Waals surface area contributed by atoms with Gasteiger partial charge in [0.25, 0.3) is 0 Å². The highest BCUT2D eigenvalue weighted by atomic mass is 79.9. The molecule has 58 valence electrons. The molecule has 3 atom stereocenters. The topological polar surface area (TPSA) is 9.23 Å². The van der Waals surface area contributed by atoms with E-state index in [4.69, 9.17) is 4.74 Å². The van der Waals surface area contributed by atoms with Crippen LogP contribution in [0.1, 0.15) is 19.8 Å². The van der Waals surface area contributed by atoms with E-state index in [0.717, 1.165) is 17.9 Å². The first-order chi connectivity index (χ1) is 4.77. The molecule has 2 fully saturated rings. The largest absolute Gasteiger partial charge is 0.377 e. The van der Waals surface area contributed by atoms with Gasteiger partial charge in [-0.2, -0.15) is 0 Å². The molecule has 1 spiro atoms. The van der Waals surface area contributed by atoms with Crippen LogP contribution in [0, 0.1) is 11.3 Å². The molecule has 0 aromatic rings. The van der Waals surface area contributed by atoms with Crippen molar-refractivity contribution in [3.8, 4) is 0 Å². The van der Waals surface area contributed by atoms with E-state index in [1.165, 1.54) is 12.8 Å². The highest BCUT2D eigenvalue weighted by molar-refractivity contribution is 9.09. The van der Waals surface area contributed by atoms with Gasteiger partial charge in [-0.3, -0.25) is 0 Å².